The highest BCUT2D eigenvalue weighted by Gasteiger charge is 2.41. The first-order chi connectivity index (χ1) is 16.3. The second kappa shape index (κ2) is 9.95. The molecule has 2 unspecified atom stereocenters. The van der Waals surface area contributed by atoms with Crippen LogP contribution in [0.25, 0.3) is 5.69 Å². The molecule has 8 heteroatoms. The van der Waals surface area contributed by atoms with Crippen LogP contribution >= 0.6 is 12.2 Å². The molecule has 2 N–H and O–H groups in total. The predicted octanol–water partition coefficient (Wildman–Crippen LogP) is 4.50. The molecule has 4 rings (SSSR count). The van der Waals surface area contributed by atoms with Crippen LogP contribution < -0.4 is 5.32 Å². The van der Waals surface area contributed by atoms with Gasteiger partial charge in [0.2, 0.25) is 0 Å². The zero-order chi connectivity index (χ0) is 24.4. The molecule has 1 saturated heterocycles. The molecule has 178 valence electrons. The van der Waals surface area contributed by atoms with Gasteiger partial charge in [0.15, 0.2) is 5.11 Å². The first kappa shape index (κ1) is 23.9. The molecular formula is C26H30N4O3S. The van der Waals surface area contributed by atoms with Gasteiger partial charge in [-0.15, -0.1) is 0 Å². The number of aromatic carboxylic acids is 1. The highest BCUT2D eigenvalue weighted by Crippen LogP contribution is 2.41. The van der Waals surface area contributed by atoms with E-state index >= 15 is 0 Å². The summed E-state index contributed by atoms with van der Waals surface area (Å²) in [6, 6.07) is 13.2. The number of hydrogen-bond donors (Lipinski definition) is 2. The predicted molar refractivity (Wildman–Crippen MR) is 136 cm³/mol. The first-order valence-corrected chi connectivity index (χ1v) is 11.7. The maximum atomic E-state index is 11.6. The highest BCUT2D eigenvalue weighted by molar-refractivity contribution is 7.80. The lowest BCUT2D eigenvalue weighted by Gasteiger charge is -2.28. The Balaban J connectivity index is 1.83. The van der Waals surface area contributed by atoms with Crippen LogP contribution in [0.1, 0.15) is 57.1 Å². The van der Waals surface area contributed by atoms with Gasteiger partial charge in [-0.2, -0.15) is 0 Å². The molecule has 0 spiro atoms. The molecule has 1 aliphatic rings. The van der Waals surface area contributed by atoms with Crippen LogP contribution in [-0.4, -0.2) is 50.9 Å². The number of carboxylic acids is 1. The number of carbonyl (C=O) groups is 1. The standard InChI is InChI=1S/C26H30N4O3S/c1-16-9-10-19(25(31)32)15-22(16)30-17(2)14-20(18(30)3)24-23(21-8-5-6-11-27-21)28-26(34)29(24)12-7-13-33-4/h5-6,8-11,14-15,23-24H,7,12-13H2,1-4H3,(H,28,34)(H,31,32). The normalized spacial score (nSPS) is 17.8. The Labute approximate surface area is 205 Å². The number of nitrogens with zero attached hydrogens (tertiary/aromatic N) is 3. The molecule has 3 aromatic rings. The van der Waals surface area contributed by atoms with Crippen LogP contribution in [0, 0.1) is 20.8 Å². The van der Waals surface area contributed by atoms with Crippen molar-refractivity contribution in [1.82, 2.24) is 19.8 Å². The number of benzene rings is 1. The highest BCUT2D eigenvalue weighted by atomic mass is 32.1. The van der Waals surface area contributed by atoms with E-state index in [1.807, 2.05) is 31.2 Å². The maximum absolute atomic E-state index is 11.6. The smallest absolute Gasteiger partial charge is 0.335 e. The van der Waals surface area contributed by atoms with Crippen molar-refractivity contribution in [2.75, 3.05) is 20.3 Å². The minimum absolute atomic E-state index is 0.0535. The van der Waals surface area contributed by atoms with Crippen molar-refractivity contribution in [3.63, 3.8) is 0 Å². The van der Waals surface area contributed by atoms with Crippen molar-refractivity contribution in [2.45, 2.75) is 39.3 Å². The van der Waals surface area contributed by atoms with Crippen molar-refractivity contribution < 1.29 is 14.6 Å². The minimum Gasteiger partial charge on any atom is -0.478 e. The van der Waals surface area contributed by atoms with Crippen molar-refractivity contribution in [3.8, 4) is 5.69 Å². The van der Waals surface area contributed by atoms with E-state index in [2.05, 4.69) is 39.7 Å². The molecule has 34 heavy (non-hydrogen) atoms. The largest absolute Gasteiger partial charge is 0.478 e. The van der Waals surface area contributed by atoms with Crippen LogP contribution in [0.4, 0.5) is 0 Å². The number of hydrogen-bond acceptors (Lipinski definition) is 4. The Morgan fingerprint density at radius 1 is 1.21 bits per heavy atom. The SMILES string of the molecule is COCCCN1C(=S)NC(c2ccccn2)C1c1cc(C)n(-c2cc(C(=O)O)ccc2C)c1C. The summed E-state index contributed by atoms with van der Waals surface area (Å²) < 4.78 is 7.42. The molecule has 0 amide bonds. The van der Waals surface area contributed by atoms with E-state index < -0.39 is 5.97 Å². The van der Waals surface area contributed by atoms with E-state index in [-0.39, 0.29) is 17.6 Å². The number of aryl methyl sites for hydroxylation is 2. The van der Waals surface area contributed by atoms with Gasteiger partial charge >= 0.3 is 5.97 Å². The third-order valence-electron chi connectivity index (χ3n) is 6.43. The average Bonchev–Trinajstić information content (AvgIpc) is 3.30. The second-order valence-electron chi connectivity index (χ2n) is 8.63. The topological polar surface area (TPSA) is 79.6 Å². The van der Waals surface area contributed by atoms with Gasteiger partial charge in [0.05, 0.1) is 23.3 Å². The Bertz CT molecular complexity index is 1210. The molecule has 3 heterocycles. The van der Waals surface area contributed by atoms with Gasteiger partial charge in [-0.3, -0.25) is 4.98 Å². The molecule has 7 nitrogen and oxygen atoms in total. The fourth-order valence-corrected chi connectivity index (χ4v) is 5.14. The van der Waals surface area contributed by atoms with E-state index in [1.54, 1.807) is 25.4 Å². The van der Waals surface area contributed by atoms with Crippen LogP contribution in [0.3, 0.4) is 0 Å². The Morgan fingerprint density at radius 3 is 2.68 bits per heavy atom. The summed E-state index contributed by atoms with van der Waals surface area (Å²) in [6.07, 6.45) is 2.65. The van der Waals surface area contributed by atoms with Crippen LogP contribution in [-0.2, 0) is 4.74 Å². The third kappa shape index (κ3) is 4.43. The quantitative estimate of drug-likeness (QED) is 0.364. The van der Waals surface area contributed by atoms with Gasteiger partial charge in [-0.1, -0.05) is 12.1 Å². The number of rotatable bonds is 8. The van der Waals surface area contributed by atoms with Crippen molar-refractivity contribution in [3.05, 3.63) is 82.4 Å². The monoisotopic (exact) mass is 478 g/mol. The van der Waals surface area contributed by atoms with E-state index in [1.165, 1.54) is 0 Å². The molecule has 0 radical (unpaired) electrons. The number of carboxylic acid groups (broad SMARTS) is 1. The fraction of sp³-hybridized carbons (Fsp3) is 0.346. The Hall–Kier alpha value is -3.23. The number of methoxy groups -OCH3 is 1. The van der Waals surface area contributed by atoms with Gasteiger partial charge in [0.25, 0.3) is 0 Å². The molecule has 2 aromatic heterocycles. The Kier molecular flexibility index (Phi) is 7.00. The van der Waals surface area contributed by atoms with Crippen molar-refractivity contribution in [2.24, 2.45) is 0 Å². The summed E-state index contributed by atoms with van der Waals surface area (Å²) in [7, 11) is 1.70. The minimum atomic E-state index is -0.936. The lowest BCUT2D eigenvalue weighted by molar-refractivity contribution is 0.0697. The number of nitrogens with one attached hydrogen (secondary N) is 1. The van der Waals surface area contributed by atoms with E-state index in [0.717, 1.165) is 46.9 Å². The third-order valence-corrected chi connectivity index (χ3v) is 6.78. The average molecular weight is 479 g/mol. The van der Waals surface area contributed by atoms with Crippen LogP contribution in [0.15, 0.2) is 48.7 Å². The summed E-state index contributed by atoms with van der Waals surface area (Å²) in [4.78, 5) is 18.5. The number of pyridine rings is 1. The van der Waals surface area contributed by atoms with E-state index in [4.69, 9.17) is 17.0 Å². The molecule has 1 aliphatic heterocycles. The van der Waals surface area contributed by atoms with Gasteiger partial charge in [-0.05, 0) is 80.9 Å². The summed E-state index contributed by atoms with van der Waals surface area (Å²) >= 11 is 5.76. The molecule has 0 bridgehead atoms. The summed E-state index contributed by atoms with van der Waals surface area (Å²) in [6.45, 7) is 7.54. The number of thiocarbonyl (C=S) groups is 1. The lowest BCUT2D eigenvalue weighted by Crippen LogP contribution is -2.31. The molecule has 0 aliphatic carbocycles. The van der Waals surface area contributed by atoms with Crippen molar-refractivity contribution in [1.29, 1.82) is 0 Å². The zero-order valence-electron chi connectivity index (χ0n) is 19.9. The van der Waals surface area contributed by atoms with Gasteiger partial charge in [-0.25, -0.2) is 4.79 Å². The number of ether oxygens (including phenoxy) is 1. The summed E-state index contributed by atoms with van der Waals surface area (Å²) in [5.41, 5.74) is 6.30. The Morgan fingerprint density at radius 2 is 2.00 bits per heavy atom. The molecule has 2 atom stereocenters. The fourth-order valence-electron chi connectivity index (χ4n) is 4.81. The van der Waals surface area contributed by atoms with E-state index in [9.17, 15) is 9.90 Å². The molecule has 0 saturated carbocycles. The van der Waals surface area contributed by atoms with Crippen molar-refractivity contribution >= 4 is 23.3 Å². The van der Waals surface area contributed by atoms with E-state index in [0.29, 0.717) is 11.7 Å². The lowest BCUT2D eigenvalue weighted by atomic mass is 9.96. The summed E-state index contributed by atoms with van der Waals surface area (Å²) in [5, 5.41) is 13.7. The molecule has 1 fully saturated rings. The zero-order valence-corrected chi connectivity index (χ0v) is 20.7. The van der Waals surface area contributed by atoms with Gasteiger partial charge in [0, 0.05) is 43.5 Å². The molecule has 1 aromatic carbocycles. The maximum Gasteiger partial charge on any atom is 0.335 e. The second-order valence-corrected chi connectivity index (χ2v) is 9.02. The van der Waals surface area contributed by atoms with Crippen LogP contribution in [0.5, 0.6) is 0 Å². The van der Waals surface area contributed by atoms with Gasteiger partial charge < -0.3 is 24.6 Å². The first-order valence-electron chi connectivity index (χ1n) is 11.3. The summed E-state index contributed by atoms with van der Waals surface area (Å²) in [5.74, 6) is -0.936. The molecular weight excluding hydrogens is 448 g/mol. The van der Waals surface area contributed by atoms with Gasteiger partial charge in [0.1, 0.15) is 0 Å². The van der Waals surface area contributed by atoms with Crippen LogP contribution in [0.2, 0.25) is 0 Å². The number of aromatic nitrogens is 2.